The van der Waals surface area contributed by atoms with Crippen LogP contribution in [0.2, 0.25) is 0 Å². The van der Waals surface area contributed by atoms with Crippen LogP contribution in [0.4, 0.5) is 0 Å². The van der Waals surface area contributed by atoms with Crippen LogP contribution in [0.15, 0.2) is 30.6 Å². The molecule has 1 aromatic rings. The van der Waals surface area contributed by atoms with Crippen LogP contribution >= 0.6 is 0 Å². The Kier molecular flexibility index (Phi) is 4.07. The normalized spacial score (nSPS) is 12.1. The van der Waals surface area contributed by atoms with E-state index >= 15 is 0 Å². The number of pyridine rings is 1. The van der Waals surface area contributed by atoms with Crippen molar-refractivity contribution in [3.63, 3.8) is 0 Å². The molecule has 1 unspecified atom stereocenters. The van der Waals surface area contributed by atoms with E-state index in [0.29, 0.717) is 0 Å². The molecule has 0 aromatic carbocycles. The number of nitrogens with zero attached hydrogens (tertiary/aromatic N) is 1. The molecule has 0 fully saturated rings. The number of esters is 1. The number of aliphatic hydroxyl groups is 1. The molecule has 0 aliphatic carbocycles. The number of hydrogen-bond acceptors (Lipinski definition) is 3. The molecule has 1 N–H and O–H groups in total. The molecule has 4 nitrogen and oxygen atoms in total. The molecule has 0 spiro atoms. The largest absolute Gasteiger partial charge is 0.464 e. The average molecular weight is 196 g/mol. The molecular weight excluding hydrogens is 182 g/mol. The second-order valence-electron chi connectivity index (χ2n) is 2.84. The maximum absolute atomic E-state index is 11.1. The van der Waals surface area contributed by atoms with E-state index < -0.39 is 12.1 Å². The number of carbonyl (C=O) groups excluding carboxylic acids is 1. The molecule has 0 saturated carbocycles. The molecule has 4 heteroatoms. The van der Waals surface area contributed by atoms with Crippen molar-refractivity contribution < 1.29 is 19.2 Å². The third-order valence-corrected chi connectivity index (χ3v) is 1.72. The van der Waals surface area contributed by atoms with Gasteiger partial charge in [0.05, 0.1) is 6.61 Å². The number of ether oxygens (including phenoxy) is 1. The lowest BCUT2D eigenvalue weighted by atomic mass is 10.3. The highest BCUT2D eigenvalue weighted by Crippen LogP contribution is 1.89. The van der Waals surface area contributed by atoms with Gasteiger partial charge in [-0.25, -0.2) is 9.36 Å². The summed E-state index contributed by atoms with van der Waals surface area (Å²) in [6.07, 6.45) is 2.47. The molecule has 1 rings (SSSR count). The Morgan fingerprint density at radius 3 is 2.64 bits per heavy atom. The number of hydrogen-bond donors (Lipinski definition) is 1. The van der Waals surface area contributed by atoms with Crippen molar-refractivity contribution in [1.29, 1.82) is 0 Å². The van der Waals surface area contributed by atoms with E-state index in [1.54, 1.807) is 23.9 Å². The minimum absolute atomic E-state index is 0.222. The van der Waals surface area contributed by atoms with Crippen molar-refractivity contribution in [2.24, 2.45) is 0 Å². The summed E-state index contributed by atoms with van der Waals surface area (Å²) in [5.74, 6) is -0.580. The number of rotatable bonds is 4. The summed E-state index contributed by atoms with van der Waals surface area (Å²) in [6, 6.07) is 5.53. The van der Waals surface area contributed by atoms with Crippen LogP contribution in [-0.4, -0.2) is 23.8 Å². The van der Waals surface area contributed by atoms with Crippen molar-refractivity contribution >= 4 is 5.97 Å². The standard InChI is InChI=1S/C10H14NO3/c1-2-14-10(13)9(12)8-11-6-4-3-5-7-11/h3-7,9,12H,2,8H2,1H3/q+1. The van der Waals surface area contributed by atoms with Gasteiger partial charge >= 0.3 is 5.97 Å². The summed E-state index contributed by atoms with van der Waals surface area (Å²) < 4.78 is 6.40. The van der Waals surface area contributed by atoms with Gasteiger partial charge in [0.15, 0.2) is 18.9 Å². The van der Waals surface area contributed by atoms with E-state index in [9.17, 15) is 9.90 Å². The quantitative estimate of drug-likeness (QED) is 0.540. The topological polar surface area (TPSA) is 50.4 Å². The predicted molar refractivity (Wildman–Crippen MR) is 49.3 cm³/mol. The number of aromatic nitrogens is 1. The highest BCUT2D eigenvalue weighted by atomic mass is 16.5. The molecule has 1 heterocycles. The van der Waals surface area contributed by atoms with Crippen LogP contribution in [0, 0.1) is 0 Å². The molecule has 0 bridgehead atoms. The lowest BCUT2D eigenvalue weighted by Gasteiger charge is -2.05. The Hall–Kier alpha value is -1.42. The fourth-order valence-corrected chi connectivity index (χ4v) is 1.07. The van der Waals surface area contributed by atoms with E-state index in [4.69, 9.17) is 0 Å². The molecule has 0 amide bonds. The van der Waals surface area contributed by atoms with E-state index in [1.807, 2.05) is 18.2 Å². The molecule has 14 heavy (non-hydrogen) atoms. The van der Waals surface area contributed by atoms with Gasteiger partial charge < -0.3 is 9.84 Å². The summed E-state index contributed by atoms with van der Waals surface area (Å²) in [7, 11) is 0. The van der Waals surface area contributed by atoms with Crippen LogP contribution in [0.3, 0.4) is 0 Å². The summed E-state index contributed by atoms with van der Waals surface area (Å²) in [6.45, 7) is 2.22. The third kappa shape index (κ3) is 3.14. The molecule has 1 aromatic heterocycles. The SMILES string of the molecule is CCOC(=O)C(O)C[n+]1ccccc1. The lowest BCUT2D eigenvalue weighted by molar-refractivity contribution is -0.701. The van der Waals surface area contributed by atoms with Crippen LogP contribution in [0.1, 0.15) is 6.92 Å². The van der Waals surface area contributed by atoms with Gasteiger partial charge in [0, 0.05) is 12.1 Å². The van der Waals surface area contributed by atoms with Crippen molar-refractivity contribution in [3.05, 3.63) is 30.6 Å². The van der Waals surface area contributed by atoms with Crippen molar-refractivity contribution in [2.75, 3.05) is 6.61 Å². The zero-order valence-corrected chi connectivity index (χ0v) is 8.09. The first kappa shape index (κ1) is 10.7. The van der Waals surface area contributed by atoms with Crippen LogP contribution < -0.4 is 4.57 Å². The minimum Gasteiger partial charge on any atom is -0.464 e. The van der Waals surface area contributed by atoms with Gasteiger partial charge in [-0.3, -0.25) is 0 Å². The molecule has 0 aliphatic heterocycles. The van der Waals surface area contributed by atoms with E-state index in [-0.39, 0.29) is 13.2 Å². The molecule has 76 valence electrons. The molecular formula is C10H14NO3+. The Morgan fingerprint density at radius 1 is 1.43 bits per heavy atom. The van der Waals surface area contributed by atoms with Crippen LogP contribution in [-0.2, 0) is 16.1 Å². The monoisotopic (exact) mass is 196 g/mol. The first-order chi connectivity index (χ1) is 6.74. The maximum Gasteiger partial charge on any atom is 0.341 e. The summed E-state index contributed by atoms with van der Waals surface area (Å²) in [4.78, 5) is 11.1. The Labute approximate surface area is 82.8 Å². The zero-order chi connectivity index (χ0) is 10.4. The van der Waals surface area contributed by atoms with Gasteiger partial charge in [0.25, 0.3) is 0 Å². The number of aliphatic hydroxyl groups excluding tert-OH is 1. The van der Waals surface area contributed by atoms with Gasteiger partial charge in [-0.15, -0.1) is 0 Å². The summed E-state index contributed by atoms with van der Waals surface area (Å²) >= 11 is 0. The Bertz CT molecular complexity index is 287. The molecule has 0 saturated heterocycles. The molecule has 1 atom stereocenters. The molecule has 0 aliphatic rings. The van der Waals surface area contributed by atoms with Crippen molar-refractivity contribution in [3.8, 4) is 0 Å². The fourth-order valence-electron chi connectivity index (χ4n) is 1.07. The Morgan fingerprint density at radius 2 is 2.07 bits per heavy atom. The first-order valence-corrected chi connectivity index (χ1v) is 4.53. The lowest BCUT2D eigenvalue weighted by Crippen LogP contribution is -2.42. The average Bonchev–Trinajstić information content (AvgIpc) is 2.19. The van der Waals surface area contributed by atoms with Gasteiger partial charge in [-0.05, 0) is 6.92 Å². The van der Waals surface area contributed by atoms with Gasteiger partial charge in [0.2, 0.25) is 6.10 Å². The van der Waals surface area contributed by atoms with Crippen LogP contribution in [0.25, 0.3) is 0 Å². The van der Waals surface area contributed by atoms with Gasteiger partial charge in [-0.2, -0.15) is 0 Å². The van der Waals surface area contributed by atoms with E-state index in [2.05, 4.69) is 4.74 Å². The van der Waals surface area contributed by atoms with Crippen molar-refractivity contribution in [2.45, 2.75) is 19.6 Å². The first-order valence-electron chi connectivity index (χ1n) is 4.53. The maximum atomic E-state index is 11.1. The van der Waals surface area contributed by atoms with Gasteiger partial charge in [0.1, 0.15) is 0 Å². The highest BCUT2D eigenvalue weighted by Gasteiger charge is 2.20. The van der Waals surface area contributed by atoms with Gasteiger partial charge in [-0.1, -0.05) is 6.07 Å². The second kappa shape index (κ2) is 5.34. The fraction of sp³-hybridized carbons (Fsp3) is 0.400. The smallest absolute Gasteiger partial charge is 0.341 e. The minimum atomic E-state index is -1.10. The molecule has 0 radical (unpaired) electrons. The Balaban J connectivity index is 2.49. The summed E-state index contributed by atoms with van der Waals surface area (Å²) in [5.41, 5.74) is 0. The number of carbonyl (C=O) groups is 1. The predicted octanol–water partition coefficient (Wildman–Crippen LogP) is -0.102. The van der Waals surface area contributed by atoms with Crippen molar-refractivity contribution in [1.82, 2.24) is 0 Å². The highest BCUT2D eigenvalue weighted by molar-refractivity contribution is 5.73. The summed E-state index contributed by atoms with van der Waals surface area (Å²) in [5, 5.41) is 9.41. The zero-order valence-electron chi connectivity index (χ0n) is 8.09. The second-order valence-corrected chi connectivity index (χ2v) is 2.84. The van der Waals surface area contributed by atoms with E-state index in [0.717, 1.165) is 0 Å². The van der Waals surface area contributed by atoms with E-state index in [1.165, 1.54) is 0 Å². The third-order valence-electron chi connectivity index (χ3n) is 1.72. The van der Waals surface area contributed by atoms with Crippen LogP contribution in [0.5, 0.6) is 0 Å².